The number of amides is 1. The van der Waals surface area contributed by atoms with Crippen molar-refractivity contribution < 1.29 is 9.53 Å². The van der Waals surface area contributed by atoms with Crippen LogP contribution in [0.15, 0.2) is 30.3 Å². The number of nitrogens with one attached hydrogen (secondary N) is 1. The summed E-state index contributed by atoms with van der Waals surface area (Å²) >= 11 is 0. The van der Waals surface area contributed by atoms with E-state index in [2.05, 4.69) is 32.2 Å². The van der Waals surface area contributed by atoms with Gasteiger partial charge in [0.2, 0.25) is 0 Å². The van der Waals surface area contributed by atoms with E-state index in [0.717, 1.165) is 18.4 Å². The van der Waals surface area contributed by atoms with Crippen molar-refractivity contribution in [2.45, 2.75) is 58.6 Å². The summed E-state index contributed by atoms with van der Waals surface area (Å²) in [5.41, 5.74) is 0.399. The first-order chi connectivity index (χ1) is 10.8. The molecule has 0 unspecified atom stereocenters. The molecular formula is C19H26N2O2. The summed E-state index contributed by atoms with van der Waals surface area (Å²) in [5, 5.41) is 12.3. The Morgan fingerprint density at radius 3 is 2.43 bits per heavy atom. The molecule has 0 bridgehead atoms. The van der Waals surface area contributed by atoms with Crippen molar-refractivity contribution in [3.63, 3.8) is 0 Å². The summed E-state index contributed by atoms with van der Waals surface area (Å²) in [5.74, 6) is 0.589. The molecule has 1 saturated carbocycles. The normalized spacial score (nSPS) is 24.5. The van der Waals surface area contributed by atoms with Crippen LogP contribution in [0, 0.1) is 22.7 Å². The van der Waals surface area contributed by atoms with Gasteiger partial charge in [-0.25, -0.2) is 4.79 Å². The molecule has 1 fully saturated rings. The van der Waals surface area contributed by atoms with Gasteiger partial charge in [-0.15, -0.1) is 0 Å². The lowest BCUT2D eigenvalue weighted by Crippen LogP contribution is -2.50. The first-order valence-electron chi connectivity index (χ1n) is 8.25. The summed E-state index contributed by atoms with van der Waals surface area (Å²) in [4.78, 5) is 12.0. The number of nitriles is 1. The molecule has 23 heavy (non-hydrogen) atoms. The van der Waals surface area contributed by atoms with Gasteiger partial charge in [-0.2, -0.15) is 5.26 Å². The van der Waals surface area contributed by atoms with Gasteiger partial charge in [0, 0.05) is 0 Å². The molecule has 124 valence electrons. The minimum Gasteiger partial charge on any atom is -0.445 e. The summed E-state index contributed by atoms with van der Waals surface area (Å²) in [6.45, 7) is 6.93. The molecule has 0 spiro atoms. The lowest BCUT2D eigenvalue weighted by Gasteiger charge is -2.40. The van der Waals surface area contributed by atoms with Crippen LogP contribution < -0.4 is 5.32 Å². The van der Waals surface area contributed by atoms with Crippen LogP contribution in [0.3, 0.4) is 0 Å². The molecule has 4 nitrogen and oxygen atoms in total. The molecule has 2 rings (SSSR count). The van der Waals surface area contributed by atoms with Crippen LogP contribution in [0.1, 0.15) is 52.0 Å². The molecule has 0 saturated heterocycles. The van der Waals surface area contributed by atoms with Crippen molar-refractivity contribution in [1.29, 1.82) is 5.26 Å². The summed E-state index contributed by atoms with van der Waals surface area (Å²) in [6, 6.07) is 11.8. The first kappa shape index (κ1) is 17.3. The van der Waals surface area contributed by atoms with Crippen LogP contribution in [0.4, 0.5) is 4.79 Å². The minimum atomic E-state index is -0.782. The molecule has 1 aromatic rings. The van der Waals surface area contributed by atoms with Crippen molar-refractivity contribution in [1.82, 2.24) is 5.32 Å². The van der Waals surface area contributed by atoms with Crippen molar-refractivity contribution >= 4 is 6.09 Å². The Hall–Kier alpha value is -2.02. The molecule has 1 N–H and O–H groups in total. The molecule has 4 heteroatoms. The fraction of sp³-hybridized carbons (Fsp3) is 0.579. The predicted octanol–water partition coefficient (Wildman–Crippen LogP) is 4.41. The Morgan fingerprint density at radius 2 is 1.91 bits per heavy atom. The van der Waals surface area contributed by atoms with E-state index in [4.69, 9.17) is 4.74 Å². The average molecular weight is 314 g/mol. The number of carbonyl (C=O) groups excluding carboxylic acids is 1. The second-order valence-corrected chi connectivity index (χ2v) is 7.52. The maximum Gasteiger partial charge on any atom is 0.408 e. The highest BCUT2D eigenvalue weighted by atomic mass is 16.5. The van der Waals surface area contributed by atoms with Crippen LogP contribution in [0.25, 0.3) is 0 Å². The zero-order valence-electron chi connectivity index (χ0n) is 14.3. The number of rotatable bonds is 3. The van der Waals surface area contributed by atoms with Crippen LogP contribution in [0.5, 0.6) is 0 Å². The topological polar surface area (TPSA) is 62.1 Å². The van der Waals surface area contributed by atoms with Gasteiger partial charge in [0.1, 0.15) is 12.1 Å². The quantitative estimate of drug-likeness (QED) is 0.898. The smallest absolute Gasteiger partial charge is 0.408 e. The second-order valence-electron chi connectivity index (χ2n) is 7.52. The lowest BCUT2D eigenvalue weighted by atomic mass is 9.68. The fourth-order valence-electron chi connectivity index (χ4n) is 3.20. The van der Waals surface area contributed by atoms with Crippen LogP contribution >= 0.6 is 0 Å². The molecule has 0 aromatic heterocycles. The Morgan fingerprint density at radius 1 is 1.30 bits per heavy atom. The SMILES string of the molecule is CC(C)(C)C1CCC(C#N)(NC(=O)OCc2ccccc2)CC1. The van der Waals surface area contributed by atoms with Crippen molar-refractivity contribution in [2.24, 2.45) is 11.3 Å². The number of benzene rings is 1. The van der Waals surface area contributed by atoms with E-state index in [1.165, 1.54) is 0 Å². The van der Waals surface area contributed by atoms with Gasteiger partial charge < -0.3 is 10.1 Å². The molecule has 0 heterocycles. The Kier molecular flexibility index (Phi) is 5.30. The number of hydrogen-bond acceptors (Lipinski definition) is 3. The first-order valence-corrected chi connectivity index (χ1v) is 8.25. The fourth-order valence-corrected chi connectivity index (χ4v) is 3.20. The van der Waals surface area contributed by atoms with Gasteiger partial charge >= 0.3 is 6.09 Å². The molecule has 1 amide bonds. The summed E-state index contributed by atoms with van der Waals surface area (Å²) in [6.07, 6.45) is 2.77. The van der Waals surface area contributed by atoms with E-state index in [9.17, 15) is 10.1 Å². The highest BCUT2D eigenvalue weighted by molar-refractivity contribution is 5.69. The Bertz CT molecular complexity index is 561. The van der Waals surface area contributed by atoms with E-state index in [0.29, 0.717) is 18.8 Å². The van der Waals surface area contributed by atoms with Gasteiger partial charge in [0.25, 0.3) is 0 Å². The van der Waals surface area contributed by atoms with E-state index >= 15 is 0 Å². The average Bonchev–Trinajstić information content (AvgIpc) is 2.53. The lowest BCUT2D eigenvalue weighted by molar-refractivity contribution is 0.108. The maximum absolute atomic E-state index is 12.0. The largest absolute Gasteiger partial charge is 0.445 e. The summed E-state index contributed by atoms with van der Waals surface area (Å²) < 4.78 is 5.25. The number of hydrogen-bond donors (Lipinski definition) is 1. The van der Waals surface area contributed by atoms with Gasteiger partial charge in [-0.3, -0.25) is 0 Å². The third-order valence-corrected chi connectivity index (χ3v) is 4.83. The Labute approximate surface area is 138 Å². The van der Waals surface area contributed by atoms with Gasteiger partial charge in [-0.1, -0.05) is 51.1 Å². The van der Waals surface area contributed by atoms with E-state index < -0.39 is 11.6 Å². The Balaban J connectivity index is 1.87. The van der Waals surface area contributed by atoms with Crippen molar-refractivity contribution in [2.75, 3.05) is 0 Å². The highest BCUT2D eigenvalue weighted by Crippen LogP contribution is 2.41. The van der Waals surface area contributed by atoms with E-state index in [1.807, 2.05) is 30.3 Å². The zero-order chi connectivity index (χ0) is 16.9. The minimum absolute atomic E-state index is 0.221. The third kappa shape index (κ3) is 4.72. The molecular weight excluding hydrogens is 288 g/mol. The molecule has 1 aliphatic rings. The number of nitrogens with zero attached hydrogens (tertiary/aromatic N) is 1. The molecule has 0 atom stereocenters. The van der Waals surface area contributed by atoms with Crippen LogP contribution in [-0.2, 0) is 11.3 Å². The second kappa shape index (κ2) is 7.04. The van der Waals surface area contributed by atoms with Gasteiger partial charge in [0.15, 0.2) is 0 Å². The van der Waals surface area contributed by atoms with Crippen LogP contribution in [-0.4, -0.2) is 11.6 Å². The maximum atomic E-state index is 12.0. The molecule has 1 aliphatic carbocycles. The monoisotopic (exact) mass is 314 g/mol. The van der Waals surface area contributed by atoms with E-state index in [-0.39, 0.29) is 12.0 Å². The number of alkyl carbamates (subject to hydrolysis) is 1. The highest BCUT2D eigenvalue weighted by Gasteiger charge is 2.40. The summed E-state index contributed by atoms with van der Waals surface area (Å²) in [7, 11) is 0. The van der Waals surface area contributed by atoms with Gasteiger partial charge in [0.05, 0.1) is 6.07 Å². The third-order valence-electron chi connectivity index (χ3n) is 4.83. The predicted molar refractivity (Wildman–Crippen MR) is 89.5 cm³/mol. The molecule has 1 aromatic carbocycles. The van der Waals surface area contributed by atoms with E-state index in [1.54, 1.807) is 0 Å². The molecule has 0 aliphatic heterocycles. The van der Waals surface area contributed by atoms with Crippen molar-refractivity contribution in [3.05, 3.63) is 35.9 Å². The molecule has 0 radical (unpaired) electrons. The number of ether oxygens (including phenoxy) is 1. The van der Waals surface area contributed by atoms with Gasteiger partial charge in [-0.05, 0) is 42.6 Å². The van der Waals surface area contributed by atoms with Crippen LogP contribution in [0.2, 0.25) is 0 Å². The number of carbonyl (C=O) groups is 1. The van der Waals surface area contributed by atoms with Crippen molar-refractivity contribution in [3.8, 4) is 6.07 Å². The standard InChI is InChI=1S/C19H26N2O2/c1-18(2,3)16-9-11-19(14-20,12-10-16)21-17(22)23-13-15-7-5-4-6-8-15/h4-8,16H,9-13H2,1-3H3,(H,21,22). The zero-order valence-corrected chi connectivity index (χ0v) is 14.3.